The molecule has 6 nitrogen and oxygen atoms in total. The first kappa shape index (κ1) is 19.5. The molecule has 0 heterocycles. The number of hydrogen-bond acceptors (Lipinski definition) is 5. The second-order valence-corrected chi connectivity index (χ2v) is 6.77. The Morgan fingerprint density at radius 2 is 1.88 bits per heavy atom. The Balaban J connectivity index is 2.36. The van der Waals surface area contributed by atoms with Crippen molar-refractivity contribution < 1.29 is 25.0 Å². The number of halogens is 2. The Hall–Kier alpha value is -1.87. The summed E-state index contributed by atoms with van der Waals surface area (Å²) in [4.78, 5) is 11.3. The number of phenolic OH excluding ortho intramolecular Hbond substituents is 1. The van der Waals surface area contributed by atoms with Gasteiger partial charge in [-0.1, -0.05) is 34.1 Å². The number of hydrogen-bond donors (Lipinski definition) is 4. The van der Waals surface area contributed by atoms with Crippen molar-refractivity contribution in [1.82, 2.24) is 5.48 Å². The third-order valence-electron chi connectivity index (χ3n) is 3.25. The molecule has 0 unspecified atom stereocenters. The van der Waals surface area contributed by atoms with Crippen LogP contribution in [0.4, 0.5) is 0 Å². The standard InChI is InChI=1S/C17H15Br2NO5/c18-10-8-12(16(22)13(19)9-10)17(23)14(6-7-15(21)20-24)25-11-4-2-1-3-5-11/h1-9,14,17,22-24H,(H,20,21)/b7-6+/t14-,17-/m1/s1. The number of rotatable bonds is 6. The smallest absolute Gasteiger partial charge is 0.267 e. The van der Waals surface area contributed by atoms with Crippen LogP contribution in [-0.4, -0.2) is 27.4 Å². The first-order valence-electron chi connectivity index (χ1n) is 7.12. The molecule has 4 N–H and O–H groups in total. The van der Waals surface area contributed by atoms with Crippen LogP contribution in [0.2, 0.25) is 0 Å². The number of amides is 1. The van der Waals surface area contributed by atoms with Crippen LogP contribution in [0, 0.1) is 0 Å². The first-order valence-corrected chi connectivity index (χ1v) is 8.71. The Bertz CT molecular complexity index is 767. The van der Waals surface area contributed by atoms with Gasteiger partial charge in [0.2, 0.25) is 0 Å². The molecule has 0 aliphatic heterocycles. The number of carbonyl (C=O) groups excluding carboxylic acids is 1. The van der Waals surface area contributed by atoms with Gasteiger partial charge in [-0.15, -0.1) is 0 Å². The van der Waals surface area contributed by atoms with Gasteiger partial charge in [0.1, 0.15) is 23.7 Å². The zero-order chi connectivity index (χ0) is 18.4. The fraction of sp³-hybridized carbons (Fsp3) is 0.118. The van der Waals surface area contributed by atoms with Gasteiger partial charge in [0.15, 0.2) is 0 Å². The van der Waals surface area contributed by atoms with Crippen LogP contribution < -0.4 is 10.2 Å². The normalized spacial score (nSPS) is 13.4. The fourth-order valence-corrected chi connectivity index (χ4v) is 3.33. The number of nitrogens with one attached hydrogen (secondary N) is 1. The van der Waals surface area contributed by atoms with E-state index in [-0.39, 0.29) is 11.3 Å². The summed E-state index contributed by atoms with van der Waals surface area (Å²) in [6.07, 6.45) is 0.0433. The highest BCUT2D eigenvalue weighted by atomic mass is 79.9. The molecule has 2 atom stereocenters. The molecule has 0 fully saturated rings. The molecule has 2 aromatic rings. The predicted octanol–water partition coefficient (Wildman–Crippen LogP) is 3.46. The summed E-state index contributed by atoms with van der Waals surface area (Å²) >= 11 is 6.50. The Morgan fingerprint density at radius 1 is 1.20 bits per heavy atom. The number of hydroxylamine groups is 1. The molecule has 8 heteroatoms. The van der Waals surface area contributed by atoms with E-state index >= 15 is 0 Å². The number of ether oxygens (including phenoxy) is 1. The molecule has 2 rings (SSSR count). The van der Waals surface area contributed by atoms with Gasteiger partial charge in [0.25, 0.3) is 5.91 Å². The molecule has 0 aliphatic rings. The molecule has 132 valence electrons. The molecule has 0 spiro atoms. The molecule has 0 radical (unpaired) electrons. The van der Waals surface area contributed by atoms with Gasteiger partial charge in [-0.3, -0.25) is 10.0 Å². The number of phenols is 1. The van der Waals surface area contributed by atoms with Crippen molar-refractivity contribution in [2.24, 2.45) is 0 Å². The molecule has 0 aliphatic carbocycles. The zero-order valence-corrected chi connectivity index (χ0v) is 15.9. The topological polar surface area (TPSA) is 99.0 Å². The Morgan fingerprint density at radius 3 is 2.52 bits per heavy atom. The van der Waals surface area contributed by atoms with E-state index in [0.29, 0.717) is 14.7 Å². The van der Waals surface area contributed by atoms with Crippen molar-refractivity contribution in [3.8, 4) is 11.5 Å². The SMILES string of the molecule is O=C(/C=C/[C@@H](Oc1ccccc1)[C@H](O)c1cc(Br)cc(Br)c1O)NO. The summed E-state index contributed by atoms with van der Waals surface area (Å²) in [5.74, 6) is -0.444. The van der Waals surface area contributed by atoms with Crippen molar-refractivity contribution >= 4 is 37.8 Å². The summed E-state index contributed by atoms with van der Waals surface area (Å²) in [7, 11) is 0. The van der Waals surface area contributed by atoms with E-state index in [0.717, 1.165) is 6.08 Å². The number of carbonyl (C=O) groups is 1. The predicted molar refractivity (Wildman–Crippen MR) is 98.4 cm³/mol. The van der Waals surface area contributed by atoms with Gasteiger partial charge in [-0.05, 0) is 46.3 Å². The summed E-state index contributed by atoms with van der Waals surface area (Å²) in [6.45, 7) is 0. The minimum atomic E-state index is -1.28. The maximum Gasteiger partial charge on any atom is 0.267 e. The quantitative estimate of drug-likeness (QED) is 0.293. The van der Waals surface area contributed by atoms with Crippen molar-refractivity contribution in [2.75, 3.05) is 0 Å². The summed E-state index contributed by atoms with van der Waals surface area (Å²) < 4.78 is 6.76. The largest absolute Gasteiger partial charge is 0.506 e. The van der Waals surface area contributed by atoms with Gasteiger partial charge < -0.3 is 14.9 Å². The zero-order valence-electron chi connectivity index (χ0n) is 12.8. The van der Waals surface area contributed by atoms with Gasteiger partial charge in [0.05, 0.1) is 4.47 Å². The highest BCUT2D eigenvalue weighted by molar-refractivity contribution is 9.11. The van der Waals surface area contributed by atoms with Crippen LogP contribution in [0.25, 0.3) is 0 Å². The molecule has 1 amide bonds. The highest BCUT2D eigenvalue weighted by Gasteiger charge is 2.25. The lowest BCUT2D eigenvalue weighted by molar-refractivity contribution is -0.124. The van der Waals surface area contributed by atoms with Crippen LogP contribution in [0.15, 0.2) is 63.6 Å². The minimum Gasteiger partial charge on any atom is -0.506 e. The maximum atomic E-state index is 11.3. The molecular formula is C17H15Br2NO5. The second kappa shape index (κ2) is 9.00. The van der Waals surface area contributed by atoms with Gasteiger partial charge in [0, 0.05) is 16.1 Å². The average molecular weight is 473 g/mol. The van der Waals surface area contributed by atoms with E-state index in [1.165, 1.54) is 11.6 Å². The van der Waals surface area contributed by atoms with E-state index in [2.05, 4.69) is 31.9 Å². The van der Waals surface area contributed by atoms with Crippen LogP contribution in [0.3, 0.4) is 0 Å². The number of para-hydroxylation sites is 1. The lowest BCUT2D eigenvalue weighted by Gasteiger charge is -2.23. The lowest BCUT2D eigenvalue weighted by Crippen LogP contribution is -2.25. The monoisotopic (exact) mass is 471 g/mol. The maximum absolute atomic E-state index is 11.3. The third kappa shape index (κ3) is 5.30. The molecule has 25 heavy (non-hydrogen) atoms. The van der Waals surface area contributed by atoms with Crippen LogP contribution in [-0.2, 0) is 4.79 Å². The van der Waals surface area contributed by atoms with Gasteiger partial charge in [-0.2, -0.15) is 0 Å². The van der Waals surface area contributed by atoms with Crippen molar-refractivity contribution in [3.05, 3.63) is 69.1 Å². The van der Waals surface area contributed by atoms with Crippen molar-refractivity contribution in [3.63, 3.8) is 0 Å². The van der Waals surface area contributed by atoms with Gasteiger partial charge in [-0.25, -0.2) is 5.48 Å². The highest BCUT2D eigenvalue weighted by Crippen LogP contribution is 2.37. The minimum absolute atomic E-state index is 0.141. The molecular weight excluding hydrogens is 458 g/mol. The van der Waals surface area contributed by atoms with E-state index in [1.807, 2.05) is 6.07 Å². The third-order valence-corrected chi connectivity index (χ3v) is 4.31. The van der Waals surface area contributed by atoms with E-state index in [9.17, 15) is 15.0 Å². The number of aliphatic hydroxyl groups is 1. The van der Waals surface area contributed by atoms with Crippen molar-refractivity contribution in [2.45, 2.75) is 12.2 Å². The van der Waals surface area contributed by atoms with Gasteiger partial charge >= 0.3 is 0 Å². The molecule has 0 saturated carbocycles. The van der Waals surface area contributed by atoms with Crippen LogP contribution in [0.1, 0.15) is 11.7 Å². The van der Waals surface area contributed by atoms with Crippen molar-refractivity contribution in [1.29, 1.82) is 0 Å². The second-order valence-electron chi connectivity index (χ2n) is 5.00. The van der Waals surface area contributed by atoms with Crippen LogP contribution in [0.5, 0.6) is 11.5 Å². The molecule has 0 aromatic heterocycles. The first-order chi connectivity index (χ1) is 11.9. The van der Waals surface area contributed by atoms with E-state index in [4.69, 9.17) is 9.94 Å². The number of benzene rings is 2. The molecule has 0 saturated heterocycles. The van der Waals surface area contributed by atoms with E-state index < -0.39 is 18.1 Å². The Kier molecular flexibility index (Phi) is 7.01. The number of aliphatic hydroxyl groups excluding tert-OH is 1. The fourth-order valence-electron chi connectivity index (χ4n) is 2.07. The van der Waals surface area contributed by atoms with E-state index in [1.54, 1.807) is 36.4 Å². The lowest BCUT2D eigenvalue weighted by atomic mass is 10.0. The summed E-state index contributed by atoms with van der Waals surface area (Å²) in [6, 6.07) is 11.9. The van der Waals surface area contributed by atoms with Crippen LogP contribution >= 0.6 is 31.9 Å². The summed E-state index contributed by atoms with van der Waals surface area (Å²) in [5, 5.41) is 29.5. The average Bonchev–Trinajstić information content (AvgIpc) is 2.61. The molecule has 2 aromatic carbocycles. The Labute approximate surface area is 161 Å². The molecule has 0 bridgehead atoms. The summed E-state index contributed by atoms with van der Waals surface area (Å²) in [5.41, 5.74) is 1.67. The number of aromatic hydroxyl groups is 1.